The Kier molecular flexibility index (Phi) is 6.52. The van der Waals surface area contributed by atoms with Crippen molar-refractivity contribution < 1.29 is 19.3 Å². The fourth-order valence-corrected chi connectivity index (χ4v) is 2.24. The van der Waals surface area contributed by atoms with E-state index < -0.39 is 5.60 Å². The van der Waals surface area contributed by atoms with Gasteiger partial charge in [-0.3, -0.25) is 0 Å². The molecule has 0 amide bonds. The van der Waals surface area contributed by atoms with Crippen LogP contribution in [-0.4, -0.2) is 62.9 Å². The maximum atomic E-state index is 10.1. The van der Waals surface area contributed by atoms with Crippen molar-refractivity contribution in [3.63, 3.8) is 0 Å². The van der Waals surface area contributed by atoms with Crippen LogP contribution in [0.2, 0.25) is 0 Å². The highest BCUT2D eigenvalue weighted by molar-refractivity contribution is 4.98. The fraction of sp³-hybridized carbons (Fsp3) is 1.00. The van der Waals surface area contributed by atoms with Gasteiger partial charge in [0.2, 0.25) is 0 Å². The number of hydrogen-bond acceptors (Lipinski definition) is 5. The molecule has 1 saturated carbocycles. The molecule has 4 unspecified atom stereocenters. The third-order valence-corrected chi connectivity index (χ3v) is 3.49. The van der Waals surface area contributed by atoms with E-state index in [1.54, 1.807) is 14.2 Å². The first kappa shape index (κ1) is 15.9. The first-order chi connectivity index (χ1) is 8.54. The topological polar surface area (TPSA) is 60.0 Å². The first-order valence-electron chi connectivity index (χ1n) is 6.63. The molecule has 18 heavy (non-hydrogen) atoms. The number of aliphatic hydroxyl groups is 1. The molecule has 0 aliphatic heterocycles. The molecule has 5 nitrogen and oxygen atoms in total. The van der Waals surface area contributed by atoms with E-state index in [1.807, 2.05) is 13.8 Å². The van der Waals surface area contributed by atoms with Crippen LogP contribution in [0.1, 0.15) is 26.7 Å². The lowest BCUT2D eigenvalue weighted by atomic mass is 9.84. The van der Waals surface area contributed by atoms with E-state index in [0.717, 1.165) is 6.42 Å². The Bertz CT molecular complexity index is 235. The molecule has 0 aromatic rings. The van der Waals surface area contributed by atoms with Gasteiger partial charge in [0.15, 0.2) is 0 Å². The van der Waals surface area contributed by atoms with Crippen LogP contribution in [0, 0.1) is 0 Å². The molecule has 0 aromatic heterocycles. The summed E-state index contributed by atoms with van der Waals surface area (Å²) in [5.41, 5.74) is -0.745. The molecule has 0 radical (unpaired) electrons. The van der Waals surface area contributed by atoms with Gasteiger partial charge in [0, 0.05) is 46.4 Å². The van der Waals surface area contributed by atoms with E-state index in [2.05, 4.69) is 5.32 Å². The SMILES string of the molecule is CCOC1CC(NCC(C)(O)CCOC)C1OC. The van der Waals surface area contributed by atoms with Crippen LogP contribution in [0.3, 0.4) is 0 Å². The molecule has 2 N–H and O–H groups in total. The van der Waals surface area contributed by atoms with Crippen molar-refractivity contribution in [2.75, 3.05) is 34.0 Å². The highest BCUT2D eigenvalue weighted by Gasteiger charge is 2.42. The lowest BCUT2D eigenvalue weighted by molar-refractivity contribution is -0.134. The van der Waals surface area contributed by atoms with Crippen molar-refractivity contribution in [1.29, 1.82) is 0 Å². The van der Waals surface area contributed by atoms with E-state index in [4.69, 9.17) is 14.2 Å². The summed E-state index contributed by atoms with van der Waals surface area (Å²) in [7, 11) is 3.34. The van der Waals surface area contributed by atoms with Gasteiger partial charge in [-0.2, -0.15) is 0 Å². The van der Waals surface area contributed by atoms with Gasteiger partial charge < -0.3 is 24.6 Å². The normalized spacial score (nSPS) is 30.8. The largest absolute Gasteiger partial charge is 0.389 e. The zero-order valence-corrected chi connectivity index (χ0v) is 11.9. The monoisotopic (exact) mass is 261 g/mol. The highest BCUT2D eigenvalue weighted by Crippen LogP contribution is 2.27. The first-order valence-corrected chi connectivity index (χ1v) is 6.63. The van der Waals surface area contributed by atoms with Crippen LogP contribution < -0.4 is 5.32 Å². The van der Waals surface area contributed by atoms with Crippen molar-refractivity contribution >= 4 is 0 Å². The van der Waals surface area contributed by atoms with Crippen molar-refractivity contribution in [2.24, 2.45) is 0 Å². The Labute approximate surface area is 110 Å². The van der Waals surface area contributed by atoms with Crippen LogP contribution in [0.25, 0.3) is 0 Å². The average Bonchev–Trinajstić information content (AvgIpc) is 2.30. The van der Waals surface area contributed by atoms with Gasteiger partial charge in [0.25, 0.3) is 0 Å². The van der Waals surface area contributed by atoms with Crippen LogP contribution in [0.5, 0.6) is 0 Å². The molecule has 0 bridgehead atoms. The number of nitrogens with one attached hydrogen (secondary N) is 1. The Balaban J connectivity index is 2.27. The van der Waals surface area contributed by atoms with Crippen molar-refractivity contribution in [3.05, 3.63) is 0 Å². The summed E-state index contributed by atoms with van der Waals surface area (Å²) in [5, 5.41) is 13.5. The van der Waals surface area contributed by atoms with E-state index in [0.29, 0.717) is 26.2 Å². The number of hydrogen-bond donors (Lipinski definition) is 2. The molecule has 0 saturated heterocycles. The van der Waals surface area contributed by atoms with E-state index in [1.165, 1.54) is 0 Å². The van der Waals surface area contributed by atoms with Gasteiger partial charge in [-0.25, -0.2) is 0 Å². The molecule has 4 atom stereocenters. The van der Waals surface area contributed by atoms with Crippen LogP contribution in [-0.2, 0) is 14.2 Å². The highest BCUT2D eigenvalue weighted by atomic mass is 16.5. The smallest absolute Gasteiger partial charge is 0.0986 e. The Hall–Kier alpha value is -0.200. The average molecular weight is 261 g/mol. The summed E-state index contributed by atoms with van der Waals surface area (Å²) in [6.07, 6.45) is 1.83. The summed E-state index contributed by atoms with van der Waals surface area (Å²) in [6.45, 7) is 5.62. The Morgan fingerprint density at radius 3 is 2.67 bits per heavy atom. The molecule has 0 heterocycles. The lowest BCUT2D eigenvalue weighted by Gasteiger charge is -2.44. The van der Waals surface area contributed by atoms with Gasteiger partial charge in [0.05, 0.1) is 17.8 Å². The quantitative estimate of drug-likeness (QED) is 0.635. The predicted octanol–water partition coefficient (Wildman–Crippen LogP) is 0.556. The third kappa shape index (κ3) is 4.48. The summed E-state index contributed by atoms with van der Waals surface area (Å²) in [6, 6.07) is 0.264. The van der Waals surface area contributed by atoms with E-state index >= 15 is 0 Å². The predicted molar refractivity (Wildman–Crippen MR) is 69.7 cm³/mol. The number of ether oxygens (including phenoxy) is 3. The van der Waals surface area contributed by atoms with Gasteiger partial charge in [-0.05, 0) is 20.3 Å². The number of methoxy groups -OCH3 is 2. The van der Waals surface area contributed by atoms with Crippen LogP contribution >= 0.6 is 0 Å². The molecule has 0 aromatic carbocycles. The van der Waals surface area contributed by atoms with Crippen molar-refractivity contribution in [1.82, 2.24) is 5.32 Å². The van der Waals surface area contributed by atoms with Gasteiger partial charge in [-0.1, -0.05) is 0 Å². The van der Waals surface area contributed by atoms with Gasteiger partial charge in [-0.15, -0.1) is 0 Å². The van der Waals surface area contributed by atoms with Gasteiger partial charge >= 0.3 is 0 Å². The minimum absolute atomic E-state index is 0.0863. The lowest BCUT2D eigenvalue weighted by Crippen LogP contribution is -2.61. The second-order valence-corrected chi connectivity index (χ2v) is 5.16. The molecule has 1 rings (SSSR count). The molecule has 108 valence electrons. The zero-order valence-electron chi connectivity index (χ0n) is 11.9. The van der Waals surface area contributed by atoms with Crippen molar-refractivity contribution in [3.8, 4) is 0 Å². The number of rotatable bonds is 9. The summed E-state index contributed by atoms with van der Waals surface area (Å²) in [5.74, 6) is 0. The molecule has 5 heteroatoms. The maximum absolute atomic E-state index is 10.1. The summed E-state index contributed by atoms with van der Waals surface area (Å²) < 4.78 is 16.0. The second-order valence-electron chi connectivity index (χ2n) is 5.16. The summed E-state index contributed by atoms with van der Waals surface area (Å²) >= 11 is 0. The van der Waals surface area contributed by atoms with Crippen LogP contribution in [0.15, 0.2) is 0 Å². The summed E-state index contributed by atoms with van der Waals surface area (Å²) in [4.78, 5) is 0. The van der Waals surface area contributed by atoms with Crippen LogP contribution in [0.4, 0.5) is 0 Å². The standard InChI is InChI=1S/C13H27NO4/c1-5-18-11-8-10(12(11)17-4)14-9-13(2,15)6-7-16-3/h10-12,14-15H,5-9H2,1-4H3. The third-order valence-electron chi connectivity index (χ3n) is 3.49. The van der Waals surface area contributed by atoms with E-state index in [9.17, 15) is 5.11 Å². The van der Waals surface area contributed by atoms with Crippen molar-refractivity contribution in [2.45, 2.75) is 50.5 Å². The van der Waals surface area contributed by atoms with Gasteiger partial charge in [0.1, 0.15) is 0 Å². The minimum atomic E-state index is -0.745. The van der Waals surface area contributed by atoms with E-state index in [-0.39, 0.29) is 18.2 Å². The fourth-order valence-electron chi connectivity index (χ4n) is 2.24. The molecule has 1 fully saturated rings. The molecule has 1 aliphatic rings. The zero-order chi connectivity index (χ0) is 13.6. The minimum Gasteiger partial charge on any atom is -0.389 e. The molecule has 0 spiro atoms. The Morgan fingerprint density at radius 2 is 2.11 bits per heavy atom. The molecular formula is C13H27NO4. The Morgan fingerprint density at radius 1 is 1.39 bits per heavy atom. The second kappa shape index (κ2) is 7.40. The molecule has 1 aliphatic carbocycles. The maximum Gasteiger partial charge on any atom is 0.0986 e. The molecular weight excluding hydrogens is 234 g/mol.